The molecule has 2 aromatic rings. The molecule has 0 saturated heterocycles. The maximum atomic E-state index is 13.7. The molecular weight excluding hydrogens is 295 g/mol. The fraction of sp³-hybridized carbons (Fsp3) is 0.286. The summed E-state index contributed by atoms with van der Waals surface area (Å²) in [6, 6.07) is 5.62. The van der Waals surface area contributed by atoms with E-state index in [1.54, 1.807) is 13.0 Å². The van der Waals surface area contributed by atoms with Crippen molar-refractivity contribution in [1.29, 1.82) is 0 Å². The third-order valence-corrected chi connectivity index (χ3v) is 5.22. The highest BCUT2D eigenvalue weighted by molar-refractivity contribution is 7.89. The molecule has 1 aromatic heterocycles. The van der Waals surface area contributed by atoms with Crippen LogP contribution in [-0.4, -0.2) is 19.8 Å². The molecule has 0 saturated carbocycles. The molecule has 0 atom stereocenters. The summed E-state index contributed by atoms with van der Waals surface area (Å²) in [5, 5.41) is 0. The van der Waals surface area contributed by atoms with Crippen LogP contribution >= 0.6 is 0 Å². The van der Waals surface area contributed by atoms with Gasteiger partial charge in [0.05, 0.1) is 11.2 Å². The first-order valence-electron chi connectivity index (χ1n) is 6.34. The number of hydrogen-bond acceptors (Lipinski definition) is 4. The Morgan fingerprint density at radius 2 is 2.05 bits per heavy atom. The van der Waals surface area contributed by atoms with Crippen LogP contribution in [0.3, 0.4) is 0 Å². The normalized spacial score (nSPS) is 12.0. The molecule has 0 unspecified atom stereocenters. The van der Waals surface area contributed by atoms with E-state index in [2.05, 4.69) is 0 Å². The number of aryl methyl sites for hydroxylation is 1. The Morgan fingerprint density at radius 1 is 1.33 bits per heavy atom. The molecule has 1 aromatic carbocycles. The maximum absolute atomic E-state index is 13.7. The van der Waals surface area contributed by atoms with Gasteiger partial charge in [0.15, 0.2) is 0 Å². The average Bonchev–Trinajstić information content (AvgIpc) is 2.84. The number of sulfonamides is 1. The number of benzene rings is 1. The molecule has 0 spiro atoms. The monoisotopic (exact) mass is 312 g/mol. The van der Waals surface area contributed by atoms with Crippen LogP contribution in [0.4, 0.5) is 4.39 Å². The second-order valence-corrected chi connectivity index (χ2v) is 6.70. The minimum Gasteiger partial charge on any atom is -0.469 e. The van der Waals surface area contributed by atoms with Gasteiger partial charge in [-0.05, 0) is 25.1 Å². The van der Waals surface area contributed by atoms with Crippen molar-refractivity contribution in [1.82, 2.24) is 4.31 Å². The van der Waals surface area contributed by atoms with E-state index in [-0.39, 0.29) is 23.5 Å². The molecule has 0 aliphatic heterocycles. The molecule has 21 heavy (non-hydrogen) atoms. The van der Waals surface area contributed by atoms with E-state index in [1.807, 2.05) is 0 Å². The van der Waals surface area contributed by atoms with Crippen LogP contribution in [0.1, 0.15) is 16.9 Å². The Bertz CT molecular complexity index is 740. The Balaban J connectivity index is 2.38. The van der Waals surface area contributed by atoms with Crippen molar-refractivity contribution in [3.63, 3.8) is 0 Å². The van der Waals surface area contributed by atoms with Crippen molar-refractivity contribution in [3.05, 3.63) is 53.2 Å². The minimum atomic E-state index is -3.83. The van der Waals surface area contributed by atoms with Crippen LogP contribution in [0.5, 0.6) is 0 Å². The SMILES string of the molecule is Cc1occc1CN(C)S(=O)(=O)c1cccc(F)c1CN. The van der Waals surface area contributed by atoms with E-state index in [0.29, 0.717) is 5.76 Å². The first-order chi connectivity index (χ1) is 9.87. The Hall–Kier alpha value is -1.70. The number of nitrogens with two attached hydrogens (primary N) is 1. The van der Waals surface area contributed by atoms with Gasteiger partial charge in [-0.3, -0.25) is 0 Å². The molecule has 0 aliphatic rings. The van der Waals surface area contributed by atoms with Crippen LogP contribution in [0.15, 0.2) is 39.8 Å². The lowest BCUT2D eigenvalue weighted by Crippen LogP contribution is -2.28. The van der Waals surface area contributed by atoms with Gasteiger partial charge in [-0.1, -0.05) is 6.07 Å². The summed E-state index contributed by atoms with van der Waals surface area (Å²) in [5.74, 6) is 0.0295. The quantitative estimate of drug-likeness (QED) is 0.916. The zero-order valence-electron chi connectivity index (χ0n) is 11.8. The van der Waals surface area contributed by atoms with Crippen molar-refractivity contribution >= 4 is 10.0 Å². The predicted molar refractivity (Wildman–Crippen MR) is 76.4 cm³/mol. The van der Waals surface area contributed by atoms with Crippen LogP contribution in [0.25, 0.3) is 0 Å². The molecule has 5 nitrogen and oxygen atoms in total. The van der Waals surface area contributed by atoms with Gasteiger partial charge in [-0.2, -0.15) is 4.31 Å². The van der Waals surface area contributed by atoms with Crippen molar-refractivity contribution in [3.8, 4) is 0 Å². The number of rotatable bonds is 5. The van der Waals surface area contributed by atoms with E-state index in [9.17, 15) is 12.8 Å². The van der Waals surface area contributed by atoms with Gasteiger partial charge in [-0.15, -0.1) is 0 Å². The molecule has 0 amide bonds. The number of hydrogen-bond donors (Lipinski definition) is 1. The van der Waals surface area contributed by atoms with Crippen LogP contribution in [0.2, 0.25) is 0 Å². The molecule has 0 bridgehead atoms. The van der Waals surface area contributed by atoms with E-state index in [1.165, 1.54) is 31.5 Å². The van der Waals surface area contributed by atoms with Crippen LogP contribution < -0.4 is 5.73 Å². The molecule has 114 valence electrons. The van der Waals surface area contributed by atoms with E-state index < -0.39 is 15.8 Å². The average molecular weight is 312 g/mol. The Morgan fingerprint density at radius 3 is 2.62 bits per heavy atom. The Labute approximate surface area is 123 Å². The zero-order valence-corrected chi connectivity index (χ0v) is 12.7. The number of halogens is 1. The third kappa shape index (κ3) is 2.99. The van der Waals surface area contributed by atoms with Crippen molar-refractivity contribution in [2.45, 2.75) is 24.9 Å². The molecule has 0 aliphatic carbocycles. The van der Waals surface area contributed by atoms with Gasteiger partial charge >= 0.3 is 0 Å². The van der Waals surface area contributed by atoms with Gasteiger partial charge in [0, 0.05) is 31.3 Å². The van der Waals surface area contributed by atoms with Crippen LogP contribution in [-0.2, 0) is 23.1 Å². The van der Waals surface area contributed by atoms with Gasteiger partial charge in [0.2, 0.25) is 10.0 Å². The van der Waals surface area contributed by atoms with E-state index >= 15 is 0 Å². The maximum Gasteiger partial charge on any atom is 0.243 e. The van der Waals surface area contributed by atoms with Gasteiger partial charge in [0.25, 0.3) is 0 Å². The van der Waals surface area contributed by atoms with Crippen molar-refractivity contribution in [2.75, 3.05) is 7.05 Å². The topological polar surface area (TPSA) is 76.5 Å². The summed E-state index contributed by atoms with van der Waals surface area (Å²) in [4.78, 5) is -0.103. The summed E-state index contributed by atoms with van der Waals surface area (Å²) >= 11 is 0. The van der Waals surface area contributed by atoms with Crippen molar-refractivity contribution < 1.29 is 17.2 Å². The van der Waals surface area contributed by atoms with Crippen LogP contribution in [0, 0.1) is 12.7 Å². The molecule has 2 rings (SSSR count). The summed E-state index contributed by atoms with van der Waals surface area (Å²) in [7, 11) is -2.39. The fourth-order valence-corrected chi connectivity index (χ4v) is 3.43. The lowest BCUT2D eigenvalue weighted by Gasteiger charge is -2.19. The molecule has 2 N–H and O–H groups in total. The van der Waals surface area contributed by atoms with Gasteiger partial charge < -0.3 is 10.2 Å². The van der Waals surface area contributed by atoms with Crippen molar-refractivity contribution in [2.24, 2.45) is 5.73 Å². The summed E-state index contributed by atoms with van der Waals surface area (Å²) in [6.45, 7) is 1.72. The highest BCUT2D eigenvalue weighted by Gasteiger charge is 2.25. The summed E-state index contributed by atoms with van der Waals surface area (Å²) in [6.07, 6.45) is 1.50. The highest BCUT2D eigenvalue weighted by Crippen LogP contribution is 2.23. The lowest BCUT2D eigenvalue weighted by atomic mass is 10.2. The summed E-state index contributed by atoms with van der Waals surface area (Å²) < 4.78 is 45.2. The molecule has 1 heterocycles. The van der Waals surface area contributed by atoms with Gasteiger partial charge in [0.1, 0.15) is 11.6 Å². The smallest absolute Gasteiger partial charge is 0.243 e. The predicted octanol–water partition coefficient (Wildman–Crippen LogP) is 2.01. The fourth-order valence-electron chi connectivity index (χ4n) is 2.05. The standard InChI is InChI=1S/C14H17FN2O3S/c1-10-11(6-7-20-10)9-17(2)21(18,19)14-5-3-4-13(15)12(14)8-16/h3-7H,8-9,16H2,1-2H3. The lowest BCUT2D eigenvalue weighted by molar-refractivity contribution is 0.457. The molecule has 7 heteroatoms. The second kappa shape index (κ2) is 5.97. The first-order valence-corrected chi connectivity index (χ1v) is 7.78. The second-order valence-electron chi connectivity index (χ2n) is 4.68. The van der Waals surface area contributed by atoms with E-state index in [4.69, 9.17) is 10.2 Å². The van der Waals surface area contributed by atoms with E-state index in [0.717, 1.165) is 9.87 Å². The first kappa shape index (κ1) is 15.7. The highest BCUT2D eigenvalue weighted by atomic mass is 32.2. The van der Waals surface area contributed by atoms with Gasteiger partial charge in [-0.25, -0.2) is 12.8 Å². The molecule has 0 fully saturated rings. The summed E-state index contributed by atoms with van der Waals surface area (Å²) in [5.41, 5.74) is 6.22. The number of nitrogens with zero attached hydrogens (tertiary/aromatic N) is 1. The largest absolute Gasteiger partial charge is 0.469 e. The molecular formula is C14H17FN2O3S. The Kier molecular flexibility index (Phi) is 4.46. The third-order valence-electron chi connectivity index (χ3n) is 3.33. The molecule has 0 radical (unpaired) electrons. The zero-order chi connectivity index (χ0) is 15.6. The minimum absolute atomic E-state index is 0.00624. The number of furan rings is 1.